The molecule has 2 N–H and O–H groups in total. The SMILES string of the molecule is CCCCOC(=O)c1ccc(NC(=O)c2c(-c3ccccc3)c(-c3ccccc3)n[nH]c2=O)cc1. The Morgan fingerprint density at radius 2 is 1.51 bits per heavy atom. The van der Waals surface area contributed by atoms with Crippen LogP contribution in [-0.2, 0) is 4.74 Å². The van der Waals surface area contributed by atoms with Crippen LogP contribution in [0, 0.1) is 0 Å². The molecule has 1 heterocycles. The summed E-state index contributed by atoms with van der Waals surface area (Å²) in [5, 5.41) is 9.50. The minimum Gasteiger partial charge on any atom is -0.462 e. The number of nitrogens with zero attached hydrogens (tertiary/aromatic N) is 1. The third kappa shape index (κ3) is 5.52. The quantitative estimate of drug-likeness (QED) is 0.270. The fraction of sp³-hybridized carbons (Fsp3) is 0.143. The minimum absolute atomic E-state index is 0.0481. The number of unbranched alkanes of at least 4 members (excludes halogenated alkanes) is 1. The van der Waals surface area contributed by atoms with Gasteiger partial charge in [0.15, 0.2) is 0 Å². The first-order valence-corrected chi connectivity index (χ1v) is 11.4. The zero-order chi connectivity index (χ0) is 24.6. The third-order valence-electron chi connectivity index (χ3n) is 5.43. The van der Waals surface area contributed by atoms with Crippen LogP contribution in [-0.4, -0.2) is 28.7 Å². The molecule has 1 aromatic heterocycles. The zero-order valence-corrected chi connectivity index (χ0v) is 19.3. The number of amides is 1. The highest BCUT2D eigenvalue weighted by molar-refractivity contribution is 6.10. The Kier molecular flexibility index (Phi) is 7.47. The summed E-state index contributed by atoms with van der Waals surface area (Å²) in [6.07, 6.45) is 1.73. The van der Waals surface area contributed by atoms with Crippen molar-refractivity contribution in [2.45, 2.75) is 19.8 Å². The molecule has 0 atom stereocenters. The van der Waals surface area contributed by atoms with Gasteiger partial charge in [-0.05, 0) is 36.2 Å². The minimum atomic E-state index is -0.600. The number of carbonyl (C=O) groups is 2. The molecule has 0 fully saturated rings. The van der Waals surface area contributed by atoms with Crippen LogP contribution in [0.2, 0.25) is 0 Å². The molecule has 1 amide bonds. The van der Waals surface area contributed by atoms with Crippen molar-refractivity contribution in [2.24, 2.45) is 0 Å². The van der Waals surface area contributed by atoms with Crippen molar-refractivity contribution in [2.75, 3.05) is 11.9 Å². The first-order valence-electron chi connectivity index (χ1n) is 11.4. The van der Waals surface area contributed by atoms with Crippen LogP contribution < -0.4 is 10.9 Å². The van der Waals surface area contributed by atoms with Crippen LogP contribution in [0.3, 0.4) is 0 Å². The standard InChI is InChI=1S/C28H25N3O4/c1-2-3-18-35-28(34)21-14-16-22(17-15-21)29-26(32)24-23(19-10-6-4-7-11-19)25(30-31-27(24)33)20-12-8-5-9-13-20/h4-17H,2-3,18H2,1H3,(H,29,32)(H,31,33). The van der Waals surface area contributed by atoms with Crippen molar-refractivity contribution in [3.63, 3.8) is 0 Å². The van der Waals surface area contributed by atoms with E-state index in [9.17, 15) is 14.4 Å². The lowest BCUT2D eigenvalue weighted by Gasteiger charge is -2.14. The number of aromatic amines is 1. The van der Waals surface area contributed by atoms with Crippen LogP contribution in [0.4, 0.5) is 5.69 Å². The lowest BCUT2D eigenvalue weighted by molar-refractivity contribution is 0.0499. The van der Waals surface area contributed by atoms with Crippen molar-refractivity contribution in [3.05, 3.63) is 106 Å². The van der Waals surface area contributed by atoms with E-state index in [1.165, 1.54) is 0 Å². The van der Waals surface area contributed by atoms with E-state index in [2.05, 4.69) is 15.5 Å². The second kappa shape index (κ2) is 11.1. The van der Waals surface area contributed by atoms with E-state index in [1.807, 2.05) is 67.6 Å². The Morgan fingerprint density at radius 1 is 0.886 bits per heavy atom. The Hall–Kier alpha value is -4.52. The van der Waals surface area contributed by atoms with Gasteiger partial charge in [-0.25, -0.2) is 9.89 Å². The molecular weight excluding hydrogens is 442 g/mol. The number of benzene rings is 3. The molecule has 7 heteroatoms. The van der Waals surface area contributed by atoms with Crippen LogP contribution in [0.5, 0.6) is 0 Å². The highest BCUT2D eigenvalue weighted by atomic mass is 16.5. The number of esters is 1. The largest absolute Gasteiger partial charge is 0.462 e. The van der Waals surface area contributed by atoms with Gasteiger partial charge < -0.3 is 10.1 Å². The Morgan fingerprint density at radius 3 is 2.14 bits per heavy atom. The number of anilines is 1. The van der Waals surface area contributed by atoms with Gasteiger partial charge in [-0.1, -0.05) is 74.0 Å². The zero-order valence-electron chi connectivity index (χ0n) is 19.3. The van der Waals surface area contributed by atoms with Crippen LogP contribution in [0.15, 0.2) is 89.7 Å². The van der Waals surface area contributed by atoms with E-state index in [1.54, 1.807) is 24.3 Å². The maximum Gasteiger partial charge on any atom is 0.338 e. The second-order valence-electron chi connectivity index (χ2n) is 7.90. The second-order valence-corrected chi connectivity index (χ2v) is 7.90. The number of hydrogen-bond acceptors (Lipinski definition) is 5. The van der Waals surface area contributed by atoms with Gasteiger partial charge in [0.1, 0.15) is 5.56 Å². The molecule has 0 saturated heterocycles. The number of rotatable bonds is 8. The smallest absolute Gasteiger partial charge is 0.338 e. The van der Waals surface area contributed by atoms with E-state index in [0.29, 0.717) is 34.7 Å². The molecule has 4 rings (SSSR count). The highest BCUT2D eigenvalue weighted by Crippen LogP contribution is 2.31. The van der Waals surface area contributed by atoms with Crippen LogP contribution in [0.25, 0.3) is 22.4 Å². The fourth-order valence-corrected chi connectivity index (χ4v) is 3.63. The Bertz CT molecular complexity index is 1370. The van der Waals surface area contributed by atoms with E-state index in [4.69, 9.17) is 4.74 Å². The van der Waals surface area contributed by atoms with Crippen LogP contribution >= 0.6 is 0 Å². The third-order valence-corrected chi connectivity index (χ3v) is 5.43. The molecule has 7 nitrogen and oxygen atoms in total. The number of H-pyrrole nitrogens is 1. The average Bonchev–Trinajstić information content (AvgIpc) is 2.90. The van der Waals surface area contributed by atoms with Crippen molar-refractivity contribution < 1.29 is 14.3 Å². The molecule has 0 saturated carbocycles. The summed E-state index contributed by atoms with van der Waals surface area (Å²) in [7, 11) is 0. The summed E-state index contributed by atoms with van der Waals surface area (Å²) in [4.78, 5) is 38.3. The average molecular weight is 468 g/mol. The molecule has 3 aromatic carbocycles. The summed E-state index contributed by atoms with van der Waals surface area (Å²) in [6.45, 7) is 2.38. The number of nitrogens with one attached hydrogen (secondary N) is 2. The van der Waals surface area contributed by atoms with Crippen molar-refractivity contribution in [3.8, 4) is 22.4 Å². The number of carbonyl (C=O) groups excluding carboxylic acids is 2. The lowest BCUT2D eigenvalue weighted by Crippen LogP contribution is -2.26. The molecule has 0 radical (unpaired) electrons. The molecule has 4 aromatic rings. The van der Waals surface area contributed by atoms with Gasteiger partial charge in [0.2, 0.25) is 0 Å². The first-order chi connectivity index (χ1) is 17.1. The lowest BCUT2D eigenvalue weighted by atomic mass is 9.95. The van der Waals surface area contributed by atoms with E-state index >= 15 is 0 Å². The Balaban J connectivity index is 1.67. The number of aromatic nitrogens is 2. The van der Waals surface area contributed by atoms with E-state index in [-0.39, 0.29) is 5.56 Å². The molecule has 35 heavy (non-hydrogen) atoms. The normalized spacial score (nSPS) is 10.5. The van der Waals surface area contributed by atoms with Crippen molar-refractivity contribution in [1.29, 1.82) is 0 Å². The number of ether oxygens (including phenoxy) is 1. The van der Waals surface area contributed by atoms with E-state index < -0.39 is 17.4 Å². The van der Waals surface area contributed by atoms with Crippen LogP contribution in [0.1, 0.15) is 40.5 Å². The van der Waals surface area contributed by atoms with Gasteiger partial charge in [0.25, 0.3) is 11.5 Å². The highest BCUT2D eigenvalue weighted by Gasteiger charge is 2.23. The van der Waals surface area contributed by atoms with Gasteiger partial charge >= 0.3 is 5.97 Å². The molecule has 0 bridgehead atoms. The summed E-state index contributed by atoms with van der Waals surface area (Å²) >= 11 is 0. The predicted molar refractivity (Wildman–Crippen MR) is 135 cm³/mol. The Labute approximate surface area is 202 Å². The molecule has 0 aliphatic rings. The topological polar surface area (TPSA) is 101 Å². The van der Waals surface area contributed by atoms with E-state index in [0.717, 1.165) is 18.4 Å². The maximum absolute atomic E-state index is 13.4. The van der Waals surface area contributed by atoms with Gasteiger partial charge in [-0.3, -0.25) is 9.59 Å². The monoisotopic (exact) mass is 467 g/mol. The molecule has 0 aliphatic heterocycles. The summed E-state index contributed by atoms with van der Waals surface area (Å²) < 4.78 is 5.22. The predicted octanol–water partition coefficient (Wildman–Crippen LogP) is 5.31. The van der Waals surface area contributed by atoms with Gasteiger partial charge in [-0.15, -0.1) is 0 Å². The maximum atomic E-state index is 13.4. The summed E-state index contributed by atoms with van der Waals surface area (Å²) in [5.41, 5.74) is 2.57. The fourth-order valence-electron chi connectivity index (χ4n) is 3.63. The van der Waals surface area contributed by atoms with Crippen molar-refractivity contribution in [1.82, 2.24) is 10.2 Å². The van der Waals surface area contributed by atoms with Gasteiger partial charge in [0.05, 0.1) is 17.9 Å². The molecule has 0 spiro atoms. The van der Waals surface area contributed by atoms with Gasteiger partial charge in [-0.2, -0.15) is 5.10 Å². The molecular formula is C28H25N3O4. The summed E-state index contributed by atoms with van der Waals surface area (Å²) in [5.74, 6) is -0.997. The van der Waals surface area contributed by atoms with Gasteiger partial charge in [0, 0.05) is 16.8 Å². The molecule has 0 unspecified atom stereocenters. The van der Waals surface area contributed by atoms with Crippen molar-refractivity contribution >= 4 is 17.6 Å². The molecule has 176 valence electrons. The summed E-state index contributed by atoms with van der Waals surface area (Å²) in [6, 6.07) is 24.9. The number of hydrogen-bond donors (Lipinski definition) is 2. The first kappa shape index (κ1) is 23.6. The molecule has 0 aliphatic carbocycles.